The van der Waals surface area contributed by atoms with E-state index in [4.69, 9.17) is 15.2 Å². The van der Waals surface area contributed by atoms with E-state index in [0.717, 1.165) is 4.90 Å². The highest BCUT2D eigenvalue weighted by atomic mass is 32.2. The van der Waals surface area contributed by atoms with Crippen LogP contribution in [0, 0.1) is 0 Å². The molecule has 0 heterocycles. The average molecular weight is 433 g/mol. The number of nitrogens with two attached hydrogens (primary N) is 1. The van der Waals surface area contributed by atoms with Gasteiger partial charge in [-0.2, -0.15) is 11.8 Å². The van der Waals surface area contributed by atoms with Crippen LogP contribution >= 0.6 is 11.8 Å². The van der Waals surface area contributed by atoms with E-state index < -0.39 is 29.6 Å². The summed E-state index contributed by atoms with van der Waals surface area (Å²) in [5.41, 5.74) is 5.96. The standard InChI is InChI=1S/C22H28N2O5S/c1-22(2,3)29-21(27)24(18(12-13-30-5)20(26)28-4)19(25)16-10-11-17(23)15-9-7-6-8-14(15)16/h6-11,18H,12-13,23H2,1-5H3/t18-/m0/s1. The van der Waals surface area contributed by atoms with Gasteiger partial charge in [0.05, 0.1) is 7.11 Å². The number of thioether (sulfide) groups is 1. The van der Waals surface area contributed by atoms with E-state index in [1.807, 2.05) is 12.3 Å². The molecule has 0 unspecified atom stereocenters. The van der Waals surface area contributed by atoms with Crippen LogP contribution in [0.4, 0.5) is 10.5 Å². The molecule has 2 aromatic carbocycles. The molecular formula is C22H28N2O5S. The van der Waals surface area contributed by atoms with Gasteiger partial charge in [0, 0.05) is 16.6 Å². The maximum absolute atomic E-state index is 13.6. The highest BCUT2D eigenvalue weighted by Gasteiger charge is 2.39. The fourth-order valence-electron chi connectivity index (χ4n) is 3.02. The predicted octanol–water partition coefficient (Wildman–Crippen LogP) is 4.09. The van der Waals surface area contributed by atoms with Crippen molar-refractivity contribution in [1.82, 2.24) is 4.90 Å². The van der Waals surface area contributed by atoms with Crippen molar-refractivity contribution in [2.45, 2.75) is 38.8 Å². The number of benzene rings is 2. The summed E-state index contributed by atoms with van der Waals surface area (Å²) in [5.74, 6) is -0.769. The van der Waals surface area contributed by atoms with Crippen LogP contribution < -0.4 is 5.73 Å². The van der Waals surface area contributed by atoms with Crippen LogP contribution in [-0.2, 0) is 14.3 Å². The third kappa shape index (κ3) is 5.44. The third-order valence-electron chi connectivity index (χ3n) is 4.38. The van der Waals surface area contributed by atoms with Crippen molar-refractivity contribution in [1.29, 1.82) is 0 Å². The number of carbonyl (C=O) groups is 3. The molecule has 0 radical (unpaired) electrons. The van der Waals surface area contributed by atoms with E-state index in [9.17, 15) is 14.4 Å². The van der Waals surface area contributed by atoms with Crippen LogP contribution in [0.3, 0.4) is 0 Å². The van der Waals surface area contributed by atoms with Gasteiger partial charge in [-0.05, 0) is 56.7 Å². The van der Waals surface area contributed by atoms with Gasteiger partial charge in [0.15, 0.2) is 0 Å². The number of rotatable bonds is 6. The molecule has 2 N–H and O–H groups in total. The van der Waals surface area contributed by atoms with E-state index >= 15 is 0 Å². The van der Waals surface area contributed by atoms with E-state index in [1.54, 1.807) is 51.1 Å². The minimum atomic E-state index is -1.11. The quantitative estimate of drug-likeness (QED) is 0.542. The second-order valence-electron chi connectivity index (χ2n) is 7.72. The van der Waals surface area contributed by atoms with Gasteiger partial charge in [-0.1, -0.05) is 24.3 Å². The first-order chi connectivity index (χ1) is 14.1. The van der Waals surface area contributed by atoms with Crippen molar-refractivity contribution in [3.8, 4) is 0 Å². The maximum Gasteiger partial charge on any atom is 0.418 e. The van der Waals surface area contributed by atoms with Gasteiger partial charge >= 0.3 is 12.1 Å². The molecule has 8 heteroatoms. The predicted molar refractivity (Wildman–Crippen MR) is 120 cm³/mol. The number of nitrogen functional groups attached to an aromatic ring is 1. The first-order valence-electron chi connectivity index (χ1n) is 9.51. The van der Waals surface area contributed by atoms with Gasteiger partial charge in [-0.3, -0.25) is 4.79 Å². The molecular weight excluding hydrogens is 404 g/mol. The molecule has 2 amide bonds. The fourth-order valence-corrected chi connectivity index (χ4v) is 3.48. The molecule has 2 aromatic rings. The summed E-state index contributed by atoms with van der Waals surface area (Å²) >= 11 is 1.50. The lowest BCUT2D eigenvalue weighted by Crippen LogP contribution is -2.51. The van der Waals surface area contributed by atoms with Crippen molar-refractivity contribution in [2.75, 3.05) is 24.9 Å². The van der Waals surface area contributed by atoms with E-state index in [0.29, 0.717) is 22.2 Å². The van der Waals surface area contributed by atoms with Crippen LogP contribution in [-0.4, -0.2) is 53.6 Å². The van der Waals surface area contributed by atoms with Crippen LogP contribution in [0.1, 0.15) is 37.6 Å². The molecule has 30 heavy (non-hydrogen) atoms. The fraction of sp³-hybridized carbons (Fsp3) is 0.409. The number of anilines is 1. The molecule has 0 bridgehead atoms. The Balaban J connectivity index is 2.60. The zero-order chi connectivity index (χ0) is 22.5. The number of fused-ring (bicyclic) bond motifs is 1. The number of hydrogen-bond acceptors (Lipinski definition) is 7. The second kappa shape index (κ2) is 9.84. The maximum atomic E-state index is 13.6. The van der Waals surface area contributed by atoms with Crippen molar-refractivity contribution >= 4 is 46.2 Å². The number of imide groups is 1. The van der Waals surface area contributed by atoms with Crippen LogP contribution in [0.5, 0.6) is 0 Å². The smallest absolute Gasteiger partial charge is 0.418 e. The van der Waals surface area contributed by atoms with Gasteiger partial charge in [0.1, 0.15) is 11.6 Å². The lowest BCUT2D eigenvalue weighted by molar-refractivity contribution is -0.146. The molecule has 0 saturated carbocycles. The Hall–Kier alpha value is -2.74. The monoisotopic (exact) mass is 432 g/mol. The number of hydrogen-bond donors (Lipinski definition) is 1. The van der Waals surface area contributed by atoms with Crippen molar-refractivity contribution in [2.24, 2.45) is 0 Å². The molecule has 0 saturated heterocycles. The lowest BCUT2D eigenvalue weighted by Gasteiger charge is -2.31. The average Bonchev–Trinajstić information content (AvgIpc) is 2.69. The van der Waals surface area contributed by atoms with E-state index in [-0.39, 0.29) is 12.0 Å². The Kier molecular flexibility index (Phi) is 7.72. The van der Waals surface area contributed by atoms with E-state index in [2.05, 4.69) is 0 Å². The second-order valence-corrected chi connectivity index (χ2v) is 8.71. The van der Waals surface area contributed by atoms with Crippen molar-refractivity contribution < 1.29 is 23.9 Å². The molecule has 1 atom stereocenters. The first-order valence-corrected chi connectivity index (χ1v) is 10.9. The molecule has 2 rings (SSSR count). The number of ether oxygens (including phenoxy) is 2. The summed E-state index contributed by atoms with van der Waals surface area (Å²) in [6.45, 7) is 5.09. The Bertz CT molecular complexity index is 939. The summed E-state index contributed by atoms with van der Waals surface area (Å²) in [7, 11) is 1.23. The number of esters is 1. The SMILES string of the molecule is COC(=O)[C@H](CCSC)N(C(=O)OC(C)(C)C)C(=O)c1ccc(N)c2ccccc12. The Morgan fingerprint density at radius 2 is 1.73 bits per heavy atom. The molecule has 162 valence electrons. The van der Waals surface area contributed by atoms with Gasteiger partial charge in [-0.25, -0.2) is 14.5 Å². The largest absolute Gasteiger partial charge is 0.467 e. The minimum Gasteiger partial charge on any atom is -0.467 e. The number of amides is 2. The van der Waals surface area contributed by atoms with Crippen LogP contribution in [0.2, 0.25) is 0 Å². The zero-order valence-electron chi connectivity index (χ0n) is 17.9. The third-order valence-corrected chi connectivity index (χ3v) is 5.02. The number of nitrogens with zero attached hydrogens (tertiary/aromatic N) is 1. The number of methoxy groups -OCH3 is 1. The van der Waals surface area contributed by atoms with E-state index in [1.165, 1.54) is 18.9 Å². The Morgan fingerprint density at radius 3 is 2.30 bits per heavy atom. The zero-order valence-corrected chi connectivity index (χ0v) is 18.7. The summed E-state index contributed by atoms with van der Waals surface area (Å²) in [4.78, 5) is 40.0. The molecule has 0 aromatic heterocycles. The Labute approximate surface area is 180 Å². The molecule has 0 aliphatic rings. The molecule has 0 aliphatic carbocycles. The molecule has 7 nitrogen and oxygen atoms in total. The highest BCUT2D eigenvalue weighted by Crippen LogP contribution is 2.27. The normalized spacial score (nSPS) is 12.3. The summed E-state index contributed by atoms with van der Waals surface area (Å²) in [6, 6.07) is 9.20. The summed E-state index contributed by atoms with van der Waals surface area (Å²) in [6.07, 6.45) is 1.22. The Morgan fingerprint density at radius 1 is 1.10 bits per heavy atom. The molecule has 0 aliphatic heterocycles. The van der Waals surface area contributed by atoms with Crippen LogP contribution in [0.15, 0.2) is 36.4 Å². The molecule has 0 spiro atoms. The van der Waals surface area contributed by atoms with Crippen molar-refractivity contribution in [3.05, 3.63) is 42.0 Å². The minimum absolute atomic E-state index is 0.242. The van der Waals surface area contributed by atoms with Crippen molar-refractivity contribution in [3.63, 3.8) is 0 Å². The van der Waals surface area contributed by atoms with Gasteiger partial charge < -0.3 is 15.2 Å². The summed E-state index contributed by atoms with van der Waals surface area (Å²) < 4.78 is 10.4. The van der Waals surface area contributed by atoms with Gasteiger partial charge in [0.2, 0.25) is 0 Å². The summed E-state index contributed by atoms with van der Waals surface area (Å²) in [5, 5.41) is 1.27. The molecule has 0 fully saturated rings. The number of carbonyl (C=O) groups excluding carboxylic acids is 3. The lowest BCUT2D eigenvalue weighted by atomic mass is 10.0. The van der Waals surface area contributed by atoms with Gasteiger partial charge in [0.25, 0.3) is 5.91 Å². The first kappa shape index (κ1) is 23.5. The van der Waals surface area contributed by atoms with Gasteiger partial charge in [-0.15, -0.1) is 0 Å². The highest BCUT2D eigenvalue weighted by molar-refractivity contribution is 7.98. The van der Waals surface area contributed by atoms with Crippen LogP contribution in [0.25, 0.3) is 10.8 Å². The topological polar surface area (TPSA) is 98.9 Å².